The molecule has 18 heavy (non-hydrogen) atoms. The highest BCUT2D eigenvalue weighted by atomic mass is 32.1. The first-order chi connectivity index (χ1) is 8.58. The minimum Gasteiger partial charge on any atom is -0.327 e. The highest BCUT2D eigenvalue weighted by Crippen LogP contribution is 2.16. The first kappa shape index (κ1) is 13.3. The third kappa shape index (κ3) is 3.00. The van der Waals surface area contributed by atoms with Gasteiger partial charge in [0.05, 0.1) is 5.69 Å². The Morgan fingerprint density at radius 2 is 2.22 bits per heavy atom. The Bertz CT molecular complexity index is 499. The lowest BCUT2D eigenvalue weighted by atomic mass is 10.0. The summed E-state index contributed by atoms with van der Waals surface area (Å²) in [6.45, 7) is 4.20. The summed E-state index contributed by atoms with van der Waals surface area (Å²) in [4.78, 5) is 0. The maximum atomic E-state index is 6.20. The quantitative estimate of drug-likeness (QED) is 0.901. The molecule has 98 valence electrons. The largest absolute Gasteiger partial charge is 0.327 e. The van der Waals surface area contributed by atoms with Crippen molar-refractivity contribution in [1.82, 2.24) is 9.78 Å². The Hall–Kier alpha value is -1.13. The molecule has 4 heteroatoms. The molecule has 2 aromatic rings. The van der Waals surface area contributed by atoms with Crippen molar-refractivity contribution in [3.8, 4) is 0 Å². The van der Waals surface area contributed by atoms with E-state index >= 15 is 0 Å². The molecule has 2 N–H and O–H groups in total. The topological polar surface area (TPSA) is 43.8 Å². The van der Waals surface area contributed by atoms with Gasteiger partial charge in [-0.25, -0.2) is 0 Å². The summed E-state index contributed by atoms with van der Waals surface area (Å²) in [5.74, 6) is 0. The van der Waals surface area contributed by atoms with E-state index in [1.807, 2.05) is 11.7 Å². The van der Waals surface area contributed by atoms with Crippen LogP contribution in [-0.2, 0) is 19.9 Å². The molecular formula is C14H21N3S. The van der Waals surface area contributed by atoms with Crippen LogP contribution in [-0.4, -0.2) is 15.8 Å². The summed E-state index contributed by atoms with van der Waals surface area (Å²) >= 11 is 1.74. The highest BCUT2D eigenvalue weighted by Gasteiger charge is 2.11. The first-order valence-corrected chi connectivity index (χ1v) is 7.28. The lowest BCUT2D eigenvalue weighted by Crippen LogP contribution is -2.23. The molecule has 0 aliphatic carbocycles. The van der Waals surface area contributed by atoms with Gasteiger partial charge >= 0.3 is 0 Å². The van der Waals surface area contributed by atoms with Crippen LogP contribution in [0, 0.1) is 13.8 Å². The number of thiophene rings is 1. The summed E-state index contributed by atoms with van der Waals surface area (Å²) < 4.78 is 1.95. The second kappa shape index (κ2) is 5.67. The standard InChI is InChI=1S/C14H21N3S/c1-10-14(11(2)17(3)16-10)5-4-13(15)8-12-6-7-18-9-12/h6-7,9,13H,4-5,8,15H2,1-3H3. The van der Waals surface area contributed by atoms with Gasteiger partial charge in [0.2, 0.25) is 0 Å². The SMILES string of the molecule is Cc1nn(C)c(C)c1CCC(N)Cc1ccsc1. The van der Waals surface area contributed by atoms with Gasteiger partial charge in [-0.05, 0) is 61.1 Å². The molecular weight excluding hydrogens is 242 g/mol. The van der Waals surface area contributed by atoms with E-state index in [2.05, 4.69) is 35.8 Å². The predicted octanol–water partition coefficient (Wildman–Crippen LogP) is 2.60. The number of rotatable bonds is 5. The normalized spacial score (nSPS) is 12.9. The maximum Gasteiger partial charge on any atom is 0.0628 e. The number of aryl methyl sites for hydroxylation is 2. The number of nitrogens with two attached hydrogens (primary N) is 1. The molecule has 0 bridgehead atoms. The van der Waals surface area contributed by atoms with Crippen LogP contribution in [0.2, 0.25) is 0 Å². The fourth-order valence-corrected chi connectivity index (χ4v) is 3.00. The predicted molar refractivity (Wildman–Crippen MR) is 77.0 cm³/mol. The van der Waals surface area contributed by atoms with E-state index in [0.29, 0.717) is 0 Å². The van der Waals surface area contributed by atoms with Crippen LogP contribution >= 0.6 is 11.3 Å². The third-order valence-corrected chi connectivity index (χ3v) is 4.23. The molecule has 0 fully saturated rings. The number of hydrogen-bond acceptors (Lipinski definition) is 3. The van der Waals surface area contributed by atoms with Gasteiger partial charge in [0.1, 0.15) is 0 Å². The van der Waals surface area contributed by atoms with Gasteiger partial charge in [-0.3, -0.25) is 4.68 Å². The lowest BCUT2D eigenvalue weighted by molar-refractivity contribution is 0.609. The maximum absolute atomic E-state index is 6.20. The zero-order chi connectivity index (χ0) is 13.1. The van der Waals surface area contributed by atoms with Crippen molar-refractivity contribution in [3.05, 3.63) is 39.3 Å². The Morgan fingerprint density at radius 3 is 2.78 bits per heavy atom. The Morgan fingerprint density at radius 1 is 1.44 bits per heavy atom. The van der Waals surface area contributed by atoms with Crippen molar-refractivity contribution in [2.24, 2.45) is 12.8 Å². The van der Waals surface area contributed by atoms with Crippen LogP contribution < -0.4 is 5.73 Å². The molecule has 0 aromatic carbocycles. The van der Waals surface area contributed by atoms with E-state index < -0.39 is 0 Å². The molecule has 2 aromatic heterocycles. The van der Waals surface area contributed by atoms with E-state index in [1.54, 1.807) is 11.3 Å². The lowest BCUT2D eigenvalue weighted by Gasteiger charge is -2.10. The van der Waals surface area contributed by atoms with Crippen LogP contribution in [0.4, 0.5) is 0 Å². The van der Waals surface area contributed by atoms with Crippen molar-refractivity contribution in [1.29, 1.82) is 0 Å². The summed E-state index contributed by atoms with van der Waals surface area (Å²) in [7, 11) is 2.00. The van der Waals surface area contributed by atoms with Crippen molar-refractivity contribution >= 4 is 11.3 Å². The zero-order valence-electron chi connectivity index (χ0n) is 11.3. The van der Waals surface area contributed by atoms with Gasteiger partial charge < -0.3 is 5.73 Å². The van der Waals surface area contributed by atoms with Crippen LogP contribution in [0.25, 0.3) is 0 Å². The molecule has 2 heterocycles. The minimum absolute atomic E-state index is 0.235. The third-order valence-electron chi connectivity index (χ3n) is 3.50. The smallest absolute Gasteiger partial charge is 0.0628 e. The minimum atomic E-state index is 0.235. The number of aromatic nitrogens is 2. The Balaban J connectivity index is 1.91. The van der Waals surface area contributed by atoms with Crippen LogP contribution in [0.5, 0.6) is 0 Å². The van der Waals surface area contributed by atoms with Crippen molar-refractivity contribution in [3.63, 3.8) is 0 Å². The fraction of sp³-hybridized carbons (Fsp3) is 0.500. The highest BCUT2D eigenvalue weighted by molar-refractivity contribution is 7.07. The van der Waals surface area contributed by atoms with E-state index in [9.17, 15) is 0 Å². The summed E-state index contributed by atoms with van der Waals surface area (Å²) in [5.41, 5.74) is 11.3. The van der Waals surface area contributed by atoms with E-state index in [4.69, 9.17) is 5.73 Å². The van der Waals surface area contributed by atoms with Gasteiger partial charge in [-0.2, -0.15) is 16.4 Å². The second-order valence-electron chi connectivity index (χ2n) is 4.91. The molecule has 0 spiro atoms. The molecule has 0 saturated heterocycles. The first-order valence-electron chi connectivity index (χ1n) is 6.33. The summed E-state index contributed by atoms with van der Waals surface area (Å²) in [6, 6.07) is 2.39. The molecule has 0 saturated carbocycles. The molecule has 2 rings (SSSR count). The summed E-state index contributed by atoms with van der Waals surface area (Å²) in [6.07, 6.45) is 3.02. The van der Waals surface area contributed by atoms with Gasteiger partial charge in [0.25, 0.3) is 0 Å². The van der Waals surface area contributed by atoms with Crippen LogP contribution in [0.15, 0.2) is 16.8 Å². The van der Waals surface area contributed by atoms with Crippen molar-refractivity contribution in [2.75, 3.05) is 0 Å². The monoisotopic (exact) mass is 263 g/mol. The second-order valence-corrected chi connectivity index (χ2v) is 5.69. The van der Waals surface area contributed by atoms with Gasteiger partial charge in [0, 0.05) is 18.8 Å². The van der Waals surface area contributed by atoms with E-state index in [-0.39, 0.29) is 6.04 Å². The van der Waals surface area contributed by atoms with Crippen LogP contribution in [0.3, 0.4) is 0 Å². The number of nitrogens with zero attached hydrogens (tertiary/aromatic N) is 2. The molecule has 0 aliphatic rings. The molecule has 0 radical (unpaired) electrons. The van der Waals surface area contributed by atoms with Gasteiger partial charge in [-0.1, -0.05) is 0 Å². The van der Waals surface area contributed by atoms with E-state index in [1.165, 1.54) is 16.8 Å². The average Bonchev–Trinajstić information content (AvgIpc) is 2.88. The van der Waals surface area contributed by atoms with Crippen LogP contribution in [0.1, 0.15) is 28.9 Å². The van der Waals surface area contributed by atoms with E-state index in [0.717, 1.165) is 25.0 Å². The zero-order valence-corrected chi connectivity index (χ0v) is 12.1. The molecule has 1 atom stereocenters. The molecule has 1 unspecified atom stereocenters. The van der Waals surface area contributed by atoms with Gasteiger partial charge in [-0.15, -0.1) is 0 Å². The molecule has 3 nitrogen and oxygen atoms in total. The van der Waals surface area contributed by atoms with Crippen molar-refractivity contribution in [2.45, 2.75) is 39.2 Å². The fourth-order valence-electron chi connectivity index (χ4n) is 2.32. The Labute approximate surface area is 113 Å². The van der Waals surface area contributed by atoms with Gasteiger partial charge in [0.15, 0.2) is 0 Å². The summed E-state index contributed by atoms with van der Waals surface area (Å²) in [5, 5.41) is 8.73. The molecule has 0 amide bonds. The Kier molecular flexibility index (Phi) is 4.19. The van der Waals surface area contributed by atoms with Crippen molar-refractivity contribution < 1.29 is 0 Å². The average molecular weight is 263 g/mol. The molecule has 0 aliphatic heterocycles. The number of hydrogen-bond donors (Lipinski definition) is 1.